The second-order valence-corrected chi connectivity index (χ2v) is 6.49. The highest BCUT2D eigenvalue weighted by Gasteiger charge is 2.19. The summed E-state index contributed by atoms with van der Waals surface area (Å²) in [4.78, 5) is 12.8. The molecule has 0 aromatic heterocycles. The Balaban J connectivity index is 1.78. The summed E-state index contributed by atoms with van der Waals surface area (Å²) < 4.78 is 21.9. The van der Waals surface area contributed by atoms with Gasteiger partial charge in [0, 0.05) is 18.7 Å². The molecule has 0 aliphatic carbocycles. The maximum absolute atomic E-state index is 12.8. The van der Waals surface area contributed by atoms with Crippen molar-refractivity contribution in [2.45, 2.75) is 18.9 Å². The Morgan fingerprint density at radius 3 is 2.67 bits per heavy atom. The molecule has 7 heteroatoms. The van der Waals surface area contributed by atoms with Crippen molar-refractivity contribution in [1.82, 2.24) is 0 Å². The number of hydrogen-bond donors (Lipinski definition) is 1. The van der Waals surface area contributed by atoms with E-state index in [0.717, 1.165) is 19.4 Å². The fourth-order valence-corrected chi connectivity index (χ4v) is 3.12. The predicted molar refractivity (Wildman–Crippen MR) is 103 cm³/mol. The molecule has 1 atom stereocenters. The molecular weight excluding hydrogens is 370 g/mol. The van der Waals surface area contributed by atoms with Crippen molar-refractivity contribution < 1.29 is 23.7 Å². The van der Waals surface area contributed by atoms with Crippen LogP contribution in [0.1, 0.15) is 23.2 Å². The van der Waals surface area contributed by atoms with Gasteiger partial charge in [-0.05, 0) is 25.0 Å². The van der Waals surface area contributed by atoms with E-state index in [1.54, 1.807) is 30.3 Å². The molecule has 144 valence electrons. The number of carbonyl (C=O) groups is 1. The summed E-state index contributed by atoms with van der Waals surface area (Å²) in [5.41, 5.74) is 0.879. The number of halogens is 1. The van der Waals surface area contributed by atoms with Crippen LogP contribution < -0.4 is 19.5 Å². The molecule has 1 unspecified atom stereocenters. The van der Waals surface area contributed by atoms with Crippen molar-refractivity contribution in [2.24, 2.45) is 0 Å². The maximum atomic E-state index is 12.8. The third-order valence-electron chi connectivity index (χ3n) is 4.30. The number of carbonyl (C=O) groups excluding carboxylic acids is 1. The summed E-state index contributed by atoms with van der Waals surface area (Å²) in [6, 6.07) is 10.3. The summed E-state index contributed by atoms with van der Waals surface area (Å²) in [7, 11) is 3.01. The van der Waals surface area contributed by atoms with Crippen LogP contribution in [-0.4, -0.2) is 39.4 Å². The smallest absolute Gasteiger partial charge is 0.259 e. The first-order valence-corrected chi connectivity index (χ1v) is 9.06. The topological polar surface area (TPSA) is 66.0 Å². The Morgan fingerprint density at radius 2 is 1.96 bits per heavy atom. The van der Waals surface area contributed by atoms with Crippen LogP contribution in [0.15, 0.2) is 36.4 Å². The van der Waals surface area contributed by atoms with Crippen molar-refractivity contribution in [3.8, 4) is 17.2 Å². The summed E-state index contributed by atoms with van der Waals surface area (Å²) >= 11 is 6.11. The van der Waals surface area contributed by atoms with Gasteiger partial charge in [0.15, 0.2) is 0 Å². The van der Waals surface area contributed by atoms with E-state index in [0.29, 0.717) is 40.1 Å². The Hall–Kier alpha value is -2.44. The van der Waals surface area contributed by atoms with Gasteiger partial charge >= 0.3 is 0 Å². The van der Waals surface area contributed by atoms with Crippen LogP contribution in [0.25, 0.3) is 0 Å². The van der Waals surface area contributed by atoms with Gasteiger partial charge in [0.05, 0.1) is 36.6 Å². The second kappa shape index (κ2) is 8.97. The molecule has 0 bridgehead atoms. The van der Waals surface area contributed by atoms with E-state index in [1.807, 2.05) is 6.07 Å². The lowest BCUT2D eigenvalue weighted by molar-refractivity contribution is 0.0673. The molecule has 0 radical (unpaired) electrons. The zero-order chi connectivity index (χ0) is 19.2. The van der Waals surface area contributed by atoms with Crippen LogP contribution in [0, 0.1) is 0 Å². The first kappa shape index (κ1) is 19.3. The summed E-state index contributed by atoms with van der Waals surface area (Å²) in [5.74, 6) is 1.06. The SMILES string of the molecule is COc1cc(NC(=O)c2ccccc2OCC2CCCO2)c(OC)cc1Cl. The lowest BCUT2D eigenvalue weighted by Gasteiger charge is -2.16. The van der Waals surface area contributed by atoms with E-state index in [1.165, 1.54) is 14.2 Å². The van der Waals surface area contributed by atoms with Crippen molar-refractivity contribution in [3.05, 3.63) is 47.0 Å². The molecule has 1 saturated heterocycles. The molecule has 0 saturated carbocycles. The molecule has 0 spiro atoms. The first-order valence-electron chi connectivity index (χ1n) is 8.68. The highest BCUT2D eigenvalue weighted by Crippen LogP contribution is 2.36. The number of anilines is 1. The molecule has 3 rings (SSSR count). The van der Waals surface area contributed by atoms with E-state index < -0.39 is 0 Å². The molecule has 1 heterocycles. The molecular formula is C20H22ClNO5. The Morgan fingerprint density at radius 1 is 1.19 bits per heavy atom. The number of rotatable bonds is 7. The van der Waals surface area contributed by atoms with Gasteiger partial charge < -0.3 is 24.3 Å². The Labute approximate surface area is 163 Å². The summed E-state index contributed by atoms with van der Waals surface area (Å²) in [6.07, 6.45) is 2.08. The zero-order valence-corrected chi connectivity index (χ0v) is 16.0. The van der Waals surface area contributed by atoms with Gasteiger partial charge in [-0.15, -0.1) is 0 Å². The second-order valence-electron chi connectivity index (χ2n) is 6.08. The fourth-order valence-electron chi connectivity index (χ4n) is 2.89. The average molecular weight is 392 g/mol. The standard InChI is InChI=1S/C20H22ClNO5/c1-24-18-11-16(19(25-2)10-15(18)21)22-20(23)14-7-3-4-8-17(14)27-12-13-6-5-9-26-13/h3-4,7-8,10-11,13H,5-6,9,12H2,1-2H3,(H,22,23). The van der Waals surface area contributed by atoms with E-state index >= 15 is 0 Å². The van der Waals surface area contributed by atoms with Crippen LogP contribution >= 0.6 is 11.6 Å². The van der Waals surface area contributed by atoms with Gasteiger partial charge in [0.1, 0.15) is 23.9 Å². The van der Waals surface area contributed by atoms with Gasteiger partial charge in [-0.2, -0.15) is 0 Å². The minimum absolute atomic E-state index is 0.0711. The van der Waals surface area contributed by atoms with Crippen LogP contribution in [0.3, 0.4) is 0 Å². The average Bonchev–Trinajstić information content (AvgIpc) is 3.21. The van der Waals surface area contributed by atoms with Gasteiger partial charge in [-0.3, -0.25) is 4.79 Å². The lowest BCUT2D eigenvalue weighted by atomic mass is 10.1. The molecule has 1 N–H and O–H groups in total. The van der Waals surface area contributed by atoms with Gasteiger partial charge in [-0.25, -0.2) is 0 Å². The zero-order valence-electron chi connectivity index (χ0n) is 15.3. The van der Waals surface area contributed by atoms with E-state index in [-0.39, 0.29) is 12.0 Å². The minimum Gasteiger partial charge on any atom is -0.495 e. The highest BCUT2D eigenvalue weighted by atomic mass is 35.5. The normalized spacial score (nSPS) is 16.0. The molecule has 1 fully saturated rings. The maximum Gasteiger partial charge on any atom is 0.259 e. The molecule has 27 heavy (non-hydrogen) atoms. The van der Waals surface area contributed by atoms with Crippen LogP contribution in [-0.2, 0) is 4.74 Å². The van der Waals surface area contributed by atoms with Crippen molar-refractivity contribution >= 4 is 23.2 Å². The largest absolute Gasteiger partial charge is 0.495 e. The van der Waals surface area contributed by atoms with Crippen LogP contribution in [0.4, 0.5) is 5.69 Å². The number of nitrogens with one attached hydrogen (secondary N) is 1. The Bertz CT molecular complexity index is 805. The molecule has 2 aromatic rings. The van der Waals surface area contributed by atoms with Gasteiger partial charge in [0.25, 0.3) is 5.91 Å². The molecule has 1 aliphatic rings. The molecule has 6 nitrogen and oxygen atoms in total. The van der Waals surface area contributed by atoms with Crippen molar-refractivity contribution in [3.63, 3.8) is 0 Å². The molecule has 1 amide bonds. The van der Waals surface area contributed by atoms with Crippen LogP contribution in [0.5, 0.6) is 17.2 Å². The van der Waals surface area contributed by atoms with Crippen molar-refractivity contribution in [1.29, 1.82) is 0 Å². The van der Waals surface area contributed by atoms with Crippen LogP contribution in [0.2, 0.25) is 5.02 Å². The Kier molecular flexibility index (Phi) is 6.42. The number of amides is 1. The van der Waals surface area contributed by atoms with E-state index in [4.69, 9.17) is 30.5 Å². The highest BCUT2D eigenvalue weighted by molar-refractivity contribution is 6.32. The number of ether oxygens (including phenoxy) is 4. The van der Waals surface area contributed by atoms with Gasteiger partial charge in [0.2, 0.25) is 0 Å². The third kappa shape index (κ3) is 4.64. The molecule has 1 aliphatic heterocycles. The number of benzene rings is 2. The minimum atomic E-state index is -0.319. The summed E-state index contributed by atoms with van der Waals surface area (Å²) in [6.45, 7) is 1.18. The predicted octanol–water partition coefficient (Wildman–Crippen LogP) is 4.17. The third-order valence-corrected chi connectivity index (χ3v) is 4.60. The van der Waals surface area contributed by atoms with Crippen molar-refractivity contribution in [2.75, 3.05) is 32.8 Å². The number of hydrogen-bond acceptors (Lipinski definition) is 5. The fraction of sp³-hybridized carbons (Fsp3) is 0.350. The first-order chi connectivity index (χ1) is 13.1. The van der Waals surface area contributed by atoms with Gasteiger partial charge in [-0.1, -0.05) is 23.7 Å². The van der Waals surface area contributed by atoms with E-state index in [2.05, 4.69) is 5.32 Å². The monoisotopic (exact) mass is 391 g/mol. The van der Waals surface area contributed by atoms with E-state index in [9.17, 15) is 4.79 Å². The quantitative estimate of drug-likeness (QED) is 0.767. The molecule has 2 aromatic carbocycles. The summed E-state index contributed by atoms with van der Waals surface area (Å²) in [5, 5.41) is 3.23. The number of methoxy groups -OCH3 is 2. The number of para-hydroxylation sites is 1. The lowest BCUT2D eigenvalue weighted by Crippen LogP contribution is -2.19.